The van der Waals surface area contributed by atoms with E-state index in [0.717, 1.165) is 10.8 Å². The number of aromatic nitrogens is 3. The first kappa shape index (κ1) is 31.5. The summed E-state index contributed by atoms with van der Waals surface area (Å²) in [5.41, 5.74) is 7.49. The van der Waals surface area contributed by atoms with Crippen LogP contribution >= 0.6 is 0 Å². The van der Waals surface area contributed by atoms with Crippen molar-refractivity contribution in [3.8, 4) is 28.5 Å². The fourth-order valence-corrected chi connectivity index (χ4v) is 4.26. The van der Waals surface area contributed by atoms with Gasteiger partial charge in [0.05, 0.1) is 37.7 Å². The second-order valence-corrected chi connectivity index (χ2v) is 10.7. The average molecular weight is 606 g/mol. The van der Waals surface area contributed by atoms with Crippen molar-refractivity contribution in [1.29, 1.82) is 0 Å². The molecular formula is C30H35N7O7. The van der Waals surface area contributed by atoms with Crippen LogP contribution in [0.15, 0.2) is 47.8 Å². The van der Waals surface area contributed by atoms with E-state index in [-0.39, 0.29) is 12.6 Å². The van der Waals surface area contributed by atoms with Crippen molar-refractivity contribution in [1.82, 2.24) is 25.6 Å². The number of ether oxygens (including phenoxy) is 4. The first-order chi connectivity index (χ1) is 20.9. The highest BCUT2D eigenvalue weighted by atomic mass is 16.6. The number of rotatable bonds is 8. The molecule has 0 spiro atoms. The van der Waals surface area contributed by atoms with Gasteiger partial charge in [0.1, 0.15) is 23.8 Å². The van der Waals surface area contributed by atoms with E-state index in [1.807, 2.05) is 19.1 Å². The molecule has 0 radical (unpaired) electrons. The maximum absolute atomic E-state index is 12.2. The molecule has 0 saturated heterocycles. The Balaban J connectivity index is 1.60. The maximum atomic E-state index is 12.2. The summed E-state index contributed by atoms with van der Waals surface area (Å²) < 4.78 is 22.1. The van der Waals surface area contributed by atoms with Crippen LogP contribution in [0.5, 0.6) is 17.2 Å². The van der Waals surface area contributed by atoms with Gasteiger partial charge in [-0.3, -0.25) is 20.6 Å². The van der Waals surface area contributed by atoms with Gasteiger partial charge in [0.2, 0.25) is 5.96 Å². The number of anilines is 1. The van der Waals surface area contributed by atoms with Crippen LogP contribution in [0.4, 0.5) is 15.4 Å². The van der Waals surface area contributed by atoms with Gasteiger partial charge >= 0.3 is 12.2 Å². The number of benzene rings is 1. The van der Waals surface area contributed by atoms with Gasteiger partial charge in [-0.2, -0.15) is 0 Å². The van der Waals surface area contributed by atoms with E-state index in [1.54, 1.807) is 59.5 Å². The number of nitrogen functional groups attached to an aromatic ring is 1. The first-order valence-electron chi connectivity index (χ1n) is 13.7. The second kappa shape index (κ2) is 13.3. The number of nitrogens with zero attached hydrogens (tertiary/aromatic N) is 4. The van der Waals surface area contributed by atoms with Crippen molar-refractivity contribution in [2.75, 3.05) is 26.6 Å². The lowest BCUT2D eigenvalue weighted by Gasteiger charge is -2.20. The molecule has 14 heteroatoms. The number of carboxylic acid groups (broad SMARTS) is 1. The lowest BCUT2D eigenvalue weighted by Crippen LogP contribution is -2.46. The lowest BCUT2D eigenvalue weighted by molar-refractivity contribution is 0.0561. The number of nitrogens with two attached hydrogens (primary N) is 1. The molecule has 0 saturated carbocycles. The number of methoxy groups -OCH3 is 2. The summed E-state index contributed by atoms with van der Waals surface area (Å²) in [6, 6.07) is 6.79. The minimum atomic E-state index is -1.39. The van der Waals surface area contributed by atoms with Gasteiger partial charge in [0.25, 0.3) is 0 Å². The summed E-state index contributed by atoms with van der Waals surface area (Å²) in [7, 11) is 3.13. The topological polar surface area (TPSA) is 192 Å². The summed E-state index contributed by atoms with van der Waals surface area (Å²) in [5.74, 6) is 1.56. The van der Waals surface area contributed by atoms with Crippen LogP contribution in [-0.2, 0) is 4.74 Å². The molecule has 1 unspecified atom stereocenters. The van der Waals surface area contributed by atoms with Crippen molar-refractivity contribution in [3.63, 3.8) is 0 Å². The Labute approximate surface area is 253 Å². The summed E-state index contributed by atoms with van der Waals surface area (Å²) >= 11 is 0. The summed E-state index contributed by atoms with van der Waals surface area (Å²) in [4.78, 5) is 41.2. The molecule has 1 aromatic carbocycles. The van der Waals surface area contributed by atoms with E-state index in [0.29, 0.717) is 51.6 Å². The molecular weight excluding hydrogens is 570 g/mol. The Bertz CT molecular complexity index is 1720. The SMILES string of the molecule is CCC(COc1cncc(-c2cc3c(cnc4cc(OC)c(OC)cc43)c(N)n2)c1)N=C(NC(=O)O)NC(=O)OC(C)(C)C. The predicted molar refractivity (Wildman–Crippen MR) is 165 cm³/mol. The number of fused-ring (bicyclic) bond motifs is 3. The third-order valence-electron chi connectivity index (χ3n) is 6.29. The maximum Gasteiger partial charge on any atom is 0.414 e. The highest BCUT2D eigenvalue weighted by molar-refractivity contribution is 6.10. The minimum absolute atomic E-state index is 0.0631. The van der Waals surface area contributed by atoms with E-state index < -0.39 is 23.8 Å². The van der Waals surface area contributed by atoms with E-state index in [1.165, 1.54) is 6.20 Å². The van der Waals surface area contributed by atoms with Gasteiger partial charge in [-0.15, -0.1) is 0 Å². The zero-order chi connectivity index (χ0) is 32.0. The summed E-state index contributed by atoms with van der Waals surface area (Å²) in [6.45, 7) is 6.98. The smallest absolute Gasteiger partial charge is 0.414 e. The van der Waals surface area contributed by atoms with Crippen LogP contribution in [0, 0.1) is 0 Å². The van der Waals surface area contributed by atoms with Gasteiger partial charge in [-0.1, -0.05) is 6.92 Å². The average Bonchev–Trinajstić information content (AvgIpc) is 2.97. The Morgan fingerprint density at radius 3 is 2.39 bits per heavy atom. The molecule has 232 valence electrons. The number of guanidine groups is 1. The second-order valence-electron chi connectivity index (χ2n) is 10.7. The number of hydrogen-bond acceptors (Lipinski definition) is 11. The number of carbonyl (C=O) groups is 2. The van der Waals surface area contributed by atoms with Gasteiger partial charge in [-0.05, 0) is 50.8 Å². The number of hydrogen-bond donors (Lipinski definition) is 4. The Hall–Kier alpha value is -5.40. The van der Waals surface area contributed by atoms with Crippen LogP contribution in [0.2, 0.25) is 0 Å². The third-order valence-corrected chi connectivity index (χ3v) is 6.29. The zero-order valence-corrected chi connectivity index (χ0v) is 25.3. The molecule has 0 bridgehead atoms. The fourth-order valence-electron chi connectivity index (χ4n) is 4.26. The van der Waals surface area contributed by atoms with Crippen LogP contribution in [0.1, 0.15) is 34.1 Å². The van der Waals surface area contributed by atoms with Crippen molar-refractivity contribution in [2.45, 2.75) is 45.8 Å². The summed E-state index contributed by atoms with van der Waals surface area (Å²) in [5, 5.41) is 15.9. The monoisotopic (exact) mass is 605 g/mol. The number of carbonyl (C=O) groups excluding carboxylic acids is 1. The van der Waals surface area contributed by atoms with Crippen LogP contribution in [0.3, 0.4) is 0 Å². The Kier molecular flexibility index (Phi) is 9.51. The molecule has 14 nitrogen and oxygen atoms in total. The van der Waals surface area contributed by atoms with E-state index >= 15 is 0 Å². The number of aliphatic imine (C=N–C) groups is 1. The lowest BCUT2D eigenvalue weighted by atomic mass is 10.0. The molecule has 4 aromatic rings. The molecule has 1 atom stereocenters. The van der Waals surface area contributed by atoms with Crippen molar-refractivity contribution < 1.29 is 33.6 Å². The van der Waals surface area contributed by atoms with Crippen molar-refractivity contribution >= 4 is 45.6 Å². The molecule has 3 aromatic heterocycles. The standard InChI is InChI=1S/C30H35N7O7/c1-7-17(34-27(36-28(38)39)37-29(40)44-30(2,3)4)15-43-18-8-16(12-32-13-18)22-9-19-20-10-24(41-5)25(42-6)11-23(20)33-14-21(19)26(31)35-22/h8-14,17H,7,15H2,1-6H3,(H2,31,35)(H,38,39)(H2,34,36,37,40). The van der Waals surface area contributed by atoms with Gasteiger partial charge < -0.3 is 29.8 Å². The minimum Gasteiger partial charge on any atom is -0.493 e. The number of amides is 2. The molecule has 0 aliphatic heterocycles. The third kappa shape index (κ3) is 7.70. The number of pyridine rings is 3. The molecule has 2 amide bonds. The largest absolute Gasteiger partial charge is 0.493 e. The highest BCUT2D eigenvalue weighted by Gasteiger charge is 2.20. The van der Waals surface area contributed by atoms with Crippen LogP contribution < -0.4 is 30.6 Å². The summed E-state index contributed by atoms with van der Waals surface area (Å²) in [6.07, 6.45) is 3.09. The Morgan fingerprint density at radius 1 is 1.00 bits per heavy atom. The highest BCUT2D eigenvalue weighted by Crippen LogP contribution is 2.37. The van der Waals surface area contributed by atoms with Crippen molar-refractivity contribution in [2.24, 2.45) is 4.99 Å². The quantitative estimate of drug-likeness (QED) is 0.123. The van der Waals surface area contributed by atoms with E-state index in [2.05, 4.69) is 30.6 Å². The van der Waals surface area contributed by atoms with Crippen LogP contribution in [0.25, 0.3) is 32.9 Å². The fraction of sp³-hybridized carbons (Fsp3) is 0.333. The van der Waals surface area contributed by atoms with Gasteiger partial charge in [0, 0.05) is 34.8 Å². The molecule has 5 N–H and O–H groups in total. The predicted octanol–water partition coefficient (Wildman–Crippen LogP) is 4.75. The molecule has 3 heterocycles. The first-order valence-corrected chi connectivity index (χ1v) is 13.7. The Morgan fingerprint density at radius 2 is 1.73 bits per heavy atom. The van der Waals surface area contributed by atoms with Gasteiger partial charge in [0.15, 0.2) is 11.5 Å². The van der Waals surface area contributed by atoms with Crippen LogP contribution in [-0.4, -0.2) is 70.7 Å². The van der Waals surface area contributed by atoms with E-state index in [4.69, 9.17) is 24.7 Å². The van der Waals surface area contributed by atoms with Gasteiger partial charge in [-0.25, -0.2) is 19.6 Å². The van der Waals surface area contributed by atoms with Crippen molar-refractivity contribution in [3.05, 3.63) is 42.9 Å². The number of alkyl carbamates (subject to hydrolysis) is 1. The van der Waals surface area contributed by atoms with E-state index in [9.17, 15) is 14.7 Å². The molecule has 4 rings (SSSR count). The molecule has 0 aliphatic carbocycles. The molecule has 0 aliphatic rings. The zero-order valence-electron chi connectivity index (χ0n) is 25.3. The molecule has 0 fully saturated rings. The normalized spacial score (nSPS) is 12.5. The molecule has 44 heavy (non-hydrogen) atoms. The number of nitrogens with one attached hydrogen (secondary N) is 2.